The minimum absolute atomic E-state index is 0. The van der Waals surface area contributed by atoms with Crippen LogP contribution in [0.15, 0.2) is 36.7 Å². The van der Waals surface area contributed by atoms with E-state index in [0.29, 0.717) is 19.1 Å². The van der Waals surface area contributed by atoms with Crippen molar-refractivity contribution in [3.05, 3.63) is 47.8 Å². The van der Waals surface area contributed by atoms with Gasteiger partial charge in [-0.15, -0.1) is 12.4 Å². The van der Waals surface area contributed by atoms with Gasteiger partial charge in [-0.1, -0.05) is 32.0 Å². The number of carbonyl (C=O) groups is 1. The summed E-state index contributed by atoms with van der Waals surface area (Å²) in [6.45, 7) is 5.29. The fourth-order valence-electron chi connectivity index (χ4n) is 2.37. The third kappa shape index (κ3) is 6.07. The lowest BCUT2D eigenvalue weighted by Gasteiger charge is -2.16. The van der Waals surface area contributed by atoms with Crippen LogP contribution in [0.1, 0.15) is 31.0 Å². The highest BCUT2D eigenvalue weighted by molar-refractivity contribution is 5.85. The number of nitrogens with one attached hydrogen (secondary N) is 2. The first kappa shape index (κ1) is 21.0. The van der Waals surface area contributed by atoms with E-state index in [-0.39, 0.29) is 18.3 Å². The number of aromatic nitrogens is 2. The summed E-state index contributed by atoms with van der Waals surface area (Å²) in [5.41, 5.74) is 1.80. The van der Waals surface area contributed by atoms with E-state index < -0.39 is 6.04 Å². The largest absolute Gasteiger partial charge is 0.493 e. The number of halogens is 1. The molecule has 1 unspecified atom stereocenters. The number of hydrogen-bond acceptors (Lipinski definition) is 4. The van der Waals surface area contributed by atoms with Gasteiger partial charge in [-0.3, -0.25) is 9.48 Å². The number of rotatable bonds is 8. The fourth-order valence-corrected chi connectivity index (χ4v) is 2.37. The lowest BCUT2D eigenvalue weighted by Crippen LogP contribution is -2.35. The van der Waals surface area contributed by atoms with Crippen LogP contribution in [-0.4, -0.2) is 29.3 Å². The molecule has 2 N–H and O–H groups in total. The van der Waals surface area contributed by atoms with Crippen molar-refractivity contribution >= 4 is 18.3 Å². The number of carbonyl (C=O) groups excluding carboxylic acids is 1. The van der Waals surface area contributed by atoms with E-state index in [9.17, 15) is 4.79 Å². The highest BCUT2D eigenvalue weighted by Gasteiger charge is 2.20. The van der Waals surface area contributed by atoms with Crippen LogP contribution in [0.5, 0.6) is 5.75 Å². The lowest BCUT2D eigenvalue weighted by atomic mass is 10.1. The molecule has 0 fully saturated rings. The molecule has 0 aliphatic carbocycles. The quantitative estimate of drug-likeness (QED) is 0.753. The first-order chi connectivity index (χ1) is 11.5. The van der Waals surface area contributed by atoms with Crippen LogP contribution in [0.2, 0.25) is 0 Å². The third-order valence-electron chi connectivity index (χ3n) is 3.61. The van der Waals surface area contributed by atoms with Crippen LogP contribution in [-0.2, 0) is 18.4 Å². The second-order valence-electron chi connectivity index (χ2n) is 6.20. The van der Waals surface area contributed by atoms with E-state index in [1.165, 1.54) is 0 Å². The number of benzene rings is 1. The van der Waals surface area contributed by atoms with Crippen LogP contribution in [0.4, 0.5) is 0 Å². The van der Waals surface area contributed by atoms with Gasteiger partial charge in [-0.05, 0) is 19.0 Å². The van der Waals surface area contributed by atoms with E-state index in [1.54, 1.807) is 17.9 Å². The van der Waals surface area contributed by atoms with Crippen LogP contribution >= 0.6 is 12.4 Å². The maximum Gasteiger partial charge on any atom is 0.242 e. The van der Waals surface area contributed by atoms with Gasteiger partial charge in [0.15, 0.2) is 0 Å². The molecule has 0 saturated heterocycles. The molecular formula is C18H27ClN4O2. The van der Waals surface area contributed by atoms with Gasteiger partial charge in [0.2, 0.25) is 5.91 Å². The number of ether oxygens (including phenoxy) is 1. The first-order valence-corrected chi connectivity index (χ1v) is 8.15. The van der Waals surface area contributed by atoms with Gasteiger partial charge < -0.3 is 15.4 Å². The Hall–Kier alpha value is -2.05. The molecule has 0 saturated carbocycles. The molecule has 0 aliphatic heterocycles. The van der Waals surface area contributed by atoms with Crippen LogP contribution in [0, 0.1) is 5.92 Å². The molecule has 0 bridgehead atoms. The first-order valence-electron chi connectivity index (χ1n) is 8.15. The number of amides is 1. The van der Waals surface area contributed by atoms with E-state index in [0.717, 1.165) is 16.9 Å². The zero-order valence-corrected chi connectivity index (χ0v) is 16.0. The van der Waals surface area contributed by atoms with Crippen molar-refractivity contribution in [3.63, 3.8) is 0 Å². The predicted molar refractivity (Wildman–Crippen MR) is 101 cm³/mol. The van der Waals surface area contributed by atoms with Crippen LogP contribution < -0.4 is 15.4 Å². The summed E-state index contributed by atoms with van der Waals surface area (Å²) in [6.07, 6.45) is 3.53. The minimum Gasteiger partial charge on any atom is -0.493 e. The van der Waals surface area contributed by atoms with Gasteiger partial charge in [-0.2, -0.15) is 5.10 Å². The summed E-state index contributed by atoms with van der Waals surface area (Å²) < 4.78 is 7.51. The molecule has 1 aromatic carbocycles. The Kier molecular flexibility index (Phi) is 8.45. The fraction of sp³-hybridized carbons (Fsp3) is 0.444. The number of aryl methyl sites for hydroxylation is 1. The monoisotopic (exact) mass is 366 g/mol. The number of para-hydroxylation sites is 1. The molecule has 2 rings (SSSR count). The lowest BCUT2D eigenvalue weighted by molar-refractivity contribution is -0.123. The maximum absolute atomic E-state index is 12.5. The summed E-state index contributed by atoms with van der Waals surface area (Å²) in [5.74, 6) is 1.17. The minimum atomic E-state index is -0.428. The molecule has 1 aromatic heterocycles. The Labute approximate surface area is 155 Å². The highest BCUT2D eigenvalue weighted by Crippen LogP contribution is 2.19. The molecule has 6 nitrogen and oxygen atoms in total. The Morgan fingerprint density at radius 1 is 1.32 bits per heavy atom. The summed E-state index contributed by atoms with van der Waals surface area (Å²) in [5, 5.41) is 10.1. The van der Waals surface area contributed by atoms with Crippen molar-refractivity contribution in [2.75, 3.05) is 13.7 Å². The smallest absolute Gasteiger partial charge is 0.242 e. The number of hydrogen-bond donors (Lipinski definition) is 2. The molecular weight excluding hydrogens is 340 g/mol. The Morgan fingerprint density at radius 3 is 2.64 bits per heavy atom. The van der Waals surface area contributed by atoms with E-state index in [1.807, 2.05) is 37.5 Å². The molecule has 1 atom stereocenters. The van der Waals surface area contributed by atoms with Crippen LogP contribution in [0.3, 0.4) is 0 Å². The van der Waals surface area contributed by atoms with E-state index >= 15 is 0 Å². The molecule has 0 aliphatic rings. The second-order valence-corrected chi connectivity index (χ2v) is 6.20. The molecule has 138 valence electrons. The average Bonchev–Trinajstić information content (AvgIpc) is 2.98. The SMILES string of the molecule is CNC(C(=O)NCc1ccccc1OCC(C)C)c1cnn(C)c1.Cl. The summed E-state index contributed by atoms with van der Waals surface area (Å²) in [7, 11) is 3.59. The van der Waals surface area contributed by atoms with Gasteiger partial charge in [0.1, 0.15) is 11.8 Å². The normalized spacial score (nSPS) is 11.7. The summed E-state index contributed by atoms with van der Waals surface area (Å²) in [6, 6.07) is 7.35. The van der Waals surface area contributed by atoms with E-state index in [4.69, 9.17) is 4.74 Å². The van der Waals surface area contributed by atoms with Crippen molar-refractivity contribution in [2.24, 2.45) is 13.0 Å². The molecule has 0 spiro atoms. The molecule has 25 heavy (non-hydrogen) atoms. The Bertz CT molecular complexity index is 673. The topological polar surface area (TPSA) is 68.2 Å². The highest BCUT2D eigenvalue weighted by atomic mass is 35.5. The molecule has 0 radical (unpaired) electrons. The van der Waals surface area contributed by atoms with Gasteiger partial charge in [0.25, 0.3) is 0 Å². The Balaban J connectivity index is 0.00000312. The average molecular weight is 367 g/mol. The summed E-state index contributed by atoms with van der Waals surface area (Å²) >= 11 is 0. The molecule has 1 heterocycles. The van der Waals surface area contributed by atoms with Crippen molar-refractivity contribution in [3.8, 4) is 5.75 Å². The zero-order valence-electron chi connectivity index (χ0n) is 15.2. The maximum atomic E-state index is 12.5. The van der Waals surface area contributed by atoms with Crippen molar-refractivity contribution in [1.82, 2.24) is 20.4 Å². The molecule has 1 amide bonds. The van der Waals surface area contributed by atoms with Gasteiger partial charge in [0.05, 0.1) is 12.8 Å². The van der Waals surface area contributed by atoms with Crippen LogP contribution in [0.25, 0.3) is 0 Å². The van der Waals surface area contributed by atoms with Crippen molar-refractivity contribution in [2.45, 2.75) is 26.4 Å². The van der Waals surface area contributed by atoms with Gasteiger partial charge in [0, 0.05) is 30.9 Å². The predicted octanol–water partition coefficient (Wildman–Crippen LogP) is 2.45. The van der Waals surface area contributed by atoms with Gasteiger partial charge >= 0.3 is 0 Å². The van der Waals surface area contributed by atoms with E-state index in [2.05, 4.69) is 29.6 Å². The standard InChI is InChI=1S/C18H26N4O2.ClH/c1-13(2)12-24-16-8-6-5-7-14(16)9-20-18(23)17(19-3)15-10-21-22(4)11-15;/h5-8,10-11,13,17,19H,9,12H2,1-4H3,(H,20,23);1H. The third-order valence-corrected chi connectivity index (χ3v) is 3.61. The summed E-state index contributed by atoms with van der Waals surface area (Å²) in [4.78, 5) is 12.5. The van der Waals surface area contributed by atoms with Gasteiger partial charge in [-0.25, -0.2) is 0 Å². The van der Waals surface area contributed by atoms with Crippen molar-refractivity contribution < 1.29 is 9.53 Å². The second kappa shape index (κ2) is 10.1. The zero-order chi connectivity index (χ0) is 17.5. The number of nitrogens with zero attached hydrogens (tertiary/aromatic N) is 2. The Morgan fingerprint density at radius 2 is 2.04 bits per heavy atom. The molecule has 2 aromatic rings. The number of likely N-dealkylation sites (N-methyl/N-ethyl adjacent to an activating group) is 1. The van der Waals surface area contributed by atoms with Crippen molar-refractivity contribution in [1.29, 1.82) is 0 Å². The molecule has 7 heteroatoms.